The number of benzene rings is 3. The number of hydrogen-bond donors (Lipinski definition) is 0. The standard InChI is InChI=1S/C29H23N3O3S/c1-3-16-32-25-15-14-20(28(34)35-4-2)17-26(25)36-29(32)31-27(33)22-18-24(19-10-6-5-7-11-19)30-23-13-9-8-12-21(22)23/h3,5-15,17-18H,1,4,16H2,2H3/b31-29-. The SMILES string of the molecule is C=CCn1/c(=N/C(=O)c2cc(-c3ccccc3)nc3ccccc23)sc2cc(C(=O)OCC)ccc21. The number of hydrogen-bond acceptors (Lipinski definition) is 5. The Labute approximate surface area is 211 Å². The largest absolute Gasteiger partial charge is 0.462 e. The van der Waals surface area contributed by atoms with Crippen molar-refractivity contribution < 1.29 is 14.3 Å². The number of para-hydroxylation sites is 1. The van der Waals surface area contributed by atoms with Crippen LogP contribution in [0.15, 0.2) is 96.5 Å². The highest BCUT2D eigenvalue weighted by molar-refractivity contribution is 7.16. The molecule has 0 unspecified atom stereocenters. The number of nitrogens with zero attached hydrogens (tertiary/aromatic N) is 3. The summed E-state index contributed by atoms with van der Waals surface area (Å²) in [7, 11) is 0. The number of pyridine rings is 1. The molecule has 7 heteroatoms. The van der Waals surface area contributed by atoms with Gasteiger partial charge in [0.05, 0.1) is 39.2 Å². The van der Waals surface area contributed by atoms with E-state index in [9.17, 15) is 9.59 Å². The fourth-order valence-corrected chi connectivity index (χ4v) is 5.14. The van der Waals surface area contributed by atoms with E-state index in [2.05, 4.69) is 11.6 Å². The second kappa shape index (κ2) is 10.1. The van der Waals surface area contributed by atoms with Crippen LogP contribution < -0.4 is 4.80 Å². The van der Waals surface area contributed by atoms with Gasteiger partial charge in [0.1, 0.15) is 0 Å². The Morgan fingerprint density at radius 2 is 1.83 bits per heavy atom. The van der Waals surface area contributed by atoms with Crippen LogP contribution in [-0.4, -0.2) is 28.0 Å². The van der Waals surface area contributed by atoms with Gasteiger partial charge in [-0.15, -0.1) is 6.58 Å². The van der Waals surface area contributed by atoms with Crippen LogP contribution in [0.5, 0.6) is 0 Å². The molecule has 0 N–H and O–H groups in total. The number of aromatic nitrogens is 2. The Morgan fingerprint density at radius 3 is 2.61 bits per heavy atom. The second-order valence-electron chi connectivity index (χ2n) is 8.04. The monoisotopic (exact) mass is 493 g/mol. The highest BCUT2D eigenvalue weighted by Crippen LogP contribution is 2.26. The highest BCUT2D eigenvalue weighted by atomic mass is 32.1. The molecule has 0 aliphatic heterocycles. The lowest BCUT2D eigenvalue weighted by molar-refractivity contribution is 0.0526. The fourth-order valence-electron chi connectivity index (χ4n) is 4.06. The Bertz CT molecular complexity index is 1680. The third kappa shape index (κ3) is 4.48. The molecule has 3 aromatic carbocycles. The molecule has 178 valence electrons. The van der Waals surface area contributed by atoms with Crippen LogP contribution in [0.25, 0.3) is 32.4 Å². The number of amides is 1. The van der Waals surface area contributed by atoms with Gasteiger partial charge in [0.25, 0.3) is 5.91 Å². The predicted molar refractivity (Wildman–Crippen MR) is 143 cm³/mol. The van der Waals surface area contributed by atoms with Gasteiger partial charge < -0.3 is 9.30 Å². The first kappa shape index (κ1) is 23.4. The zero-order chi connectivity index (χ0) is 25.1. The zero-order valence-corrected chi connectivity index (χ0v) is 20.5. The van der Waals surface area contributed by atoms with Crippen LogP contribution in [0.1, 0.15) is 27.6 Å². The van der Waals surface area contributed by atoms with Crippen molar-refractivity contribution >= 4 is 44.3 Å². The molecule has 5 rings (SSSR count). The van der Waals surface area contributed by atoms with E-state index in [1.54, 1.807) is 31.2 Å². The minimum Gasteiger partial charge on any atom is -0.462 e. The number of rotatable bonds is 6. The first-order valence-corrected chi connectivity index (χ1v) is 12.4. The lowest BCUT2D eigenvalue weighted by Crippen LogP contribution is -2.16. The molecule has 0 spiro atoms. The van der Waals surface area contributed by atoms with E-state index in [0.29, 0.717) is 34.8 Å². The molecular weight excluding hydrogens is 470 g/mol. The summed E-state index contributed by atoms with van der Waals surface area (Å²) in [6, 6.07) is 24.5. The summed E-state index contributed by atoms with van der Waals surface area (Å²) in [5.74, 6) is -0.741. The smallest absolute Gasteiger partial charge is 0.338 e. The van der Waals surface area contributed by atoms with Gasteiger partial charge in [0.2, 0.25) is 0 Å². The molecule has 5 aromatic rings. The first-order valence-electron chi connectivity index (χ1n) is 11.5. The van der Waals surface area contributed by atoms with Crippen molar-refractivity contribution in [3.05, 3.63) is 107 Å². The number of carbonyl (C=O) groups excluding carboxylic acids is 2. The van der Waals surface area contributed by atoms with Gasteiger partial charge in [0, 0.05) is 17.5 Å². The summed E-state index contributed by atoms with van der Waals surface area (Å²) >= 11 is 1.35. The second-order valence-corrected chi connectivity index (χ2v) is 9.05. The van der Waals surface area contributed by atoms with Crippen molar-refractivity contribution in [1.82, 2.24) is 9.55 Å². The molecule has 6 nitrogen and oxygen atoms in total. The quantitative estimate of drug-likeness (QED) is 0.214. The summed E-state index contributed by atoms with van der Waals surface area (Å²) in [5.41, 5.74) is 4.17. The fraction of sp³-hybridized carbons (Fsp3) is 0.103. The molecule has 1 amide bonds. The molecule has 0 fully saturated rings. The molecule has 36 heavy (non-hydrogen) atoms. The van der Waals surface area contributed by atoms with Gasteiger partial charge in [0.15, 0.2) is 4.80 Å². The predicted octanol–water partition coefficient (Wildman–Crippen LogP) is 6.02. The number of esters is 1. The zero-order valence-electron chi connectivity index (χ0n) is 19.7. The molecule has 0 radical (unpaired) electrons. The van der Waals surface area contributed by atoms with E-state index >= 15 is 0 Å². The highest BCUT2D eigenvalue weighted by Gasteiger charge is 2.16. The van der Waals surface area contributed by atoms with Crippen molar-refractivity contribution in [1.29, 1.82) is 0 Å². The number of carbonyl (C=O) groups is 2. The van der Waals surface area contributed by atoms with Gasteiger partial charge >= 0.3 is 5.97 Å². The van der Waals surface area contributed by atoms with Crippen LogP contribution in [0, 0.1) is 0 Å². The van der Waals surface area contributed by atoms with E-state index in [0.717, 1.165) is 26.7 Å². The van der Waals surface area contributed by atoms with Crippen LogP contribution in [0.4, 0.5) is 0 Å². The summed E-state index contributed by atoms with van der Waals surface area (Å²) in [4.78, 5) is 35.6. The molecule has 0 aliphatic carbocycles. The number of thiazole rings is 1. The minimum absolute atomic E-state index is 0.303. The molecule has 0 saturated heterocycles. The molecule has 0 atom stereocenters. The molecule has 0 saturated carbocycles. The van der Waals surface area contributed by atoms with E-state index in [1.165, 1.54) is 11.3 Å². The Balaban J connectivity index is 1.66. The lowest BCUT2D eigenvalue weighted by atomic mass is 10.0. The topological polar surface area (TPSA) is 73.5 Å². The van der Waals surface area contributed by atoms with E-state index in [1.807, 2.05) is 65.2 Å². The number of ether oxygens (including phenoxy) is 1. The maximum atomic E-state index is 13.6. The maximum Gasteiger partial charge on any atom is 0.338 e. The van der Waals surface area contributed by atoms with E-state index < -0.39 is 0 Å². The average Bonchev–Trinajstić information content (AvgIpc) is 3.24. The minimum atomic E-state index is -0.380. The average molecular weight is 494 g/mol. The Kier molecular flexibility index (Phi) is 6.56. The molecule has 0 aliphatic rings. The van der Waals surface area contributed by atoms with Gasteiger partial charge in [-0.3, -0.25) is 4.79 Å². The van der Waals surface area contributed by atoms with Crippen LogP contribution in [-0.2, 0) is 11.3 Å². The van der Waals surface area contributed by atoms with Crippen molar-refractivity contribution in [3.63, 3.8) is 0 Å². The summed E-state index contributed by atoms with van der Waals surface area (Å²) in [6.45, 7) is 6.40. The molecular formula is C29H23N3O3S. The molecule has 0 bridgehead atoms. The number of fused-ring (bicyclic) bond motifs is 2. The lowest BCUT2D eigenvalue weighted by Gasteiger charge is -2.08. The van der Waals surface area contributed by atoms with Gasteiger partial charge in [-0.25, -0.2) is 9.78 Å². The summed E-state index contributed by atoms with van der Waals surface area (Å²) in [6.07, 6.45) is 1.75. The van der Waals surface area contributed by atoms with E-state index in [-0.39, 0.29) is 11.9 Å². The van der Waals surface area contributed by atoms with Gasteiger partial charge in [-0.05, 0) is 37.3 Å². The van der Waals surface area contributed by atoms with Crippen molar-refractivity contribution in [2.24, 2.45) is 4.99 Å². The third-order valence-electron chi connectivity index (χ3n) is 5.72. The Morgan fingerprint density at radius 1 is 1.06 bits per heavy atom. The van der Waals surface area contributed by atoms with E-state index in [4.69, 9.17) is 9.72 Å². The van der Waals surface area contributed by atoms with Crippen LogP contribution in [0.3, 0.4) is 0 Å². The summed E-state index contributed by atoms with van der Waals surface area (Å²) < 4.78 is 7.88. The van der Waals surface area contributed by atoms with Gasteiger partial charge in [-0.1, -0.05) is 65.9 Å². The first-order chi connectivity index (χ1) is 17.6. The van der Waals surface area contributed by atoms with Crippen LogP contribution in [0.2, 0.25) is 0 Å². The normalized spacial score (nSPS) is 11.6. The Hall–Kier alpha value is -4.36. The van der Waals surface area contributed by atoms with Crippen molar-refractivity contribution in [2.75, 3.05) is 6.61 Å². The third-order valence-corrected chi connectivity index (χ3v) is 6.76. The van der Waals surface area contributed by atoms with Crippen molar-refractivity contribution in [3.8, 4) is 11.3 Å². The number of allylic oxidation sites excluding steroid dienone is 1. The van der Waals surface area contributed by atoms with Crippen molar-refractivity contribution in [2.45, 2.75) is 13.5 Å². The van der Waals surface area contributed by atoms with Crippen LogP contribution >= 0.6 is 11.3 Å². The van der Waals surface area contributed by atoms with Gasteiger partial charge in [-0.2, -0.15) is 4.99 Å². The molecule has 2 heterocycles. The summed E-state index contributed by atoms with van der Waals surface area (Å²) in [5, 5.41) is 0.743. The maximum absolute atomic E-state index is 13.6. The molecule has 2 aromatic heterocycles.